The first-order valence-corrected chi connectivity index (χ1v) is 7.23. The Bertz CT molecular complexity index is 784. The number of aromatic amines is 1. The van der Waals surface area contributed by atoms with Crippen LogP contribution < -0.4 is 10.1 Å². The highest BCUT2D eigenvalue weighted by Crippen LogP contribution is 2.33. The molecule has 1 atom stereocenters. The number of H-pyrrole nitrogens is 1. The SMILES string of the molecule is Brc1ccc2nc(C3CNc4ccccc4O3)[nH]c2c1. The van der Waals surface area contributed by atoms with Gasteiger partial charge >= 0.3 is 0 Å². The minimum atomic E-state index is -0.101. The van der Waals surface area contributed by atoms with E-state index in [-0.39, 0.29) is 6.10 Å². The molecular formula is C15H12BrN3O. The van der Waals surface area contributed by atoms with E-state index in [0.717, 1.165) is 32.8 Å². The van der Waals surface area contributed by atoms with Crippen molar-refractivity contribution in [2.75, 3.05) is 11.9 Å². The third-order valence-corrected chi connectivity index (χ3v) is 3.89. The van der Waals surface area contributed by atoms with Crippen LogP contribution in [0, 0.1) is 0 Å². The van der Waals surface area contributed by atoms with E-state index >= 15 is 0 Å². The predicted octanol–water partition coefficient (Wildman–Crippen LogP) is 3.87. The molecule has 1 aliphatic rings. The molecule has 1 aliphatic heterocycles. The van der Waals surface area contributed by atoms with Gasteiger partial charge in [-0.3, -0.25) is 0 Å². The van der Waals surface area contributed by atoms with Crippen molar-refractivity contribution in [3.05, 3.63) is 52.8 Å². The molecular weight excluding hydrogens is 318 g/mol. The Kier molecular flexibility index (Phi) is 2.67. The number of para-hydroxylation sites is 2. The van der Waals surface area contributed by atoms with Gasteiger partial charge in [0.25, 0.3) is 0 Å². The molecule has 0 bridgehead atoms. The smallest absolute Gasteiger partial charge is 0.173 e. The quantitative estimate of drug-likeness (QED) is 0.712. The molecule has 4 nitrogen and oxygen atoms in total. The van der Waals surface area contributed by atoms with Crippen LogP contribution in [0.2, 0.25) is 0 Å². The number of rotatable bonds is 1. The van der Waals surface area contributed by atoms with Crippen LogP contribution in [0.5, 0.6) is 5.75 Å². The number of hydrogen-bond acceptors (Lipinski definition) is 3. The molecule has 100 valence electrons. The standard InChI is InChI=1S/C15H12BrN3O/c16-9-5-6-10-12(7-9)19-15(18-10)14-8-17-11-3-1-2-4-13(11)20-14/h1-7,14,17H,8H2,(H,18,19). The number of anilines is 1. The summed E-state index contributed by atoms with van der Waals surface area (Å²) in [4.78, 5) is 7.94. The van der Waals surface area contributed by atoms with E-state index in [1.165, 1.54) is 0 Å². The third-order valence-electron chi connectivity index (χ3n) is 3.40. The lowest BCUT2D eigenvalue weighted by Gasteiger charge is -2.25. The molecule has 3 aromatic rings. The minimum absolute atomic E-state index is 0.101. The maximum absolute atomic E-state index is 6.01. The van der Waals surface area contributed by atoms with E-state index in [1.807, 2.05) is 42.5 Å². The van der Waals surface area contributed by atoms with Gasteiger partial charge in [-0.2, -0.15) is 0 Å². The molecule has 0 spiro atoms. The first-order valence-electron chi connectivity index (χ1n) is 6.44. The topological polar surface area (TPSA) is 49.9 Å². The molecule has 2 heterocycles. The van der Waals surface area contributed by atoms with Crippen molar-refractivity contribution in [1.82, 2.24) is 9.97 Å². The van der Waals surface area contributed by atoms with Crippen molar-refractivity contribution >= 4 is 32.7 Å². The number of fused-ring (bicyclic) bond motifs is 2. The Morgan fingerprint density at radius 2 is 2.10 bits per heavy atom. The zero-order valence-corrected chi connectivity index (χ0v) is 12.1. The number of nitrogens with one attached hydrogen (secondary N) is 2. The lowest BCUT2D eigenvalue weighted by atomic mass is 10.2. The minimum Gasteiger partial charge on any atom is -0.478 e. The molecule has 0 amide bonds. The van der Waals surface area contributed by atoms with Crippen LogP contribution in [-0.4, -0.2) is 16.5 Å². The summed E-state index contributed by atoms with van der Waals surface area (Å²) in [7, 11) is 0. The summed E-state index contributed by atoms with van der Waals surface area (Å²) in [5, 5.41) is 3.37. The van der Waals surface area contributed by atoms with E-state index in [2.05, 4.69) is 31.2 Å². The molecule has 1 aromatic heterocycles. The molecule has 20 heavy (non-hydrogen) atoms. The first kappa shape index (κ1) is 11.8. The summed E-state index contributed by atoms with van der Waals surface area (Å²) in [6, 6.07) is 13.9. The van der Waals surface area contributed by atoms with Crippen LogP contribution in [-0.2, 0) is 0 Å². The van der Waals surface area contributed by atoms with E-state index in [9.17, 15) is 0 Å². The van der Waals surface area contributed by atoms with Crippen molar-refractivity contribution in [1.29, 1.82) is 0 Å². The van der Waals surface area contributed by atoms with Gasteiger partial charge in [0.1, 0.15) is 11.6 Å². The normalized spacial score (nSPS) is 17.4. The van der Waals surface area contributed by atoms with Crippen molar-refractivity contribution in [3.63, 3.8) is 0 Å². The van der Waals surface area contributed by atoms with E-state index in [1.54, 1.807) is 0 Å². The highest BCUT2D eigenvalue weighted by atomic mass is 79.9. The molecule has 0 aliphatic carbocycles. The lowest BCUT2D eigenvalue weighted by Crippen LogP contribution is -2.24. The molecule has 0 saturated heterocycles. The number of imidazole rings is 1. The second-order valence-corrected chi connectivity index (χ2v) is 5.68. The summed E-state index contributed by atoms with van der Waals surface area (Å²) < 4.78 is 7.05. The third kappa shape index (κ3) is 1.94. The lowest BCUT2D eigenvalue weighted by molar-refractivity contribution is 0.202. The van der Waals surface area contributed by atoms with Crippen LogP contribution in [0.15, 0.2) is 46.9 Å². The fraction of sp³-hybridized carbons (Fsp3) is 0.133. The Labute approximate surface area is 124 Å². The van der Waals surface area contributed by atoms with E-state index in [4.69, 9.17) is 4.74 Å². The van der Waals surface area contributed by atoms with Gasteiger partial charge in [0.2, 0.25) is 0 Å². The maximum atomic E-state index is 6.01. The summed E-state index contributed by atoms with van der Waals surface area (Å²) in [6.07, 6.45) is -0.101. The Morgan fingerprint density at radius 1 is 1.20 bits per heavy atom. The number of aromatic nitrogens is 2. The van der Waals surface area contributed by atoms with E-state index < -0.39 is 0 Å². The average Bonchev–Trinajstić information content (AvgIpc) is 2.89. The highest BCUT2D eigenvalue weighted by Gasteiger charge is 2.23. The van der Waals surface area contributed by atoms with Gasteiger partial charge in [0.15, 0.2) is 6.10 Å². The molecule has 4 rings (SSSR count). The van der Waals surface area contributed by atoms with Gasteiger partial charge in [-0.25, -0.2) is 4.98 Å². The zero-order chi connectivity index (χ0) is 13.5. The molecule has 0 saturated carbocycles. The number of hydrogen-bond donors (Lipinski definition) is 2. The van der Waals surface area contributed by atoms with Crippen LogP contribution in [0.3, 0.4) is 0 Å². The summed E-state index contributed by atoms with van der Waals surface area (Å²) >= 11 is 3.47. The van der Waals surface area contributed by atoms with Crippen molar-refractivity contribution in [3.8, 4) is 5.75 Å². The Balaban J connectivity index is 1.70. The number of ether oxygens (including phenoxy) is 1. The molecule has 0 fully saturated rings. The zero-order valence-electron chi connectivity index (χ0n) is 10.6. The fourth-order valence-electron chi connectivity index (χ4n) is 2.42. The Morgan fingerprint density at radius 3 is 3.05 bits per heavy atom. The van der Waals surface area contributed by atoms with Gasteiger partial charge in [0.05, 0.1) is 23.3 Å². The number of benzene rings is 2. The van der Waals surface area contributed by atoms with Gasteiger partial charge in [-0.05, 0) is 30.3 Å². The fourth-order valence-corrected chi connectivity index (χ4v) is 2.78. The molecule has 2 aromatic carbocycles. The number of halogens is 1. The number of nitrogens with zero attached hydrogens (tertiary/aromatic N) is 1. The summed E-state index contributed by atoms with van der Waals surface area (Å²) in [5.41, 5.74) is 2.99. The van der Waals surface area contributed by atoms with Crippen LogP contribution in [0.25, 0.3) is 11.0 Å². The predicted molar refractivity (Wildman–Crippen MR) is 82.1 cm³/mol. The second-order valence-electron chi connectivity index (χ2n) is 4.77. The van der Waals surface area contributed by atoms with Gasteiger partial charge < -0.3 is 15.0 Å². The summed E-state index contributed by atoms with van der Waals surface area (Å²) in [6.45, 7) is 0.706. The van der Waals surface area contributed by atoms with Crippen LogP contribution >= 0.6 is 15.9 Å². The van der Waals surface area contributed by atoms with Gasteiger partial charge in [-0.1, -0.05) is 28.1 Å². The largest absolute Gasteiger partial charge is 0.478 e. The van der Waals surface area contributed by atoms with Crippen LogP contribution in [0.1, 0.15) is 11.9 Å². The van der Waals surface area contributed by atoms with Crippen LogP contribution in [0.4, 0.5) is 5.69 Å². The maximum Gasteiger partial charge on any atom is 0.173 e. The average molecular weight is 330 g/mol. The van der Waals surface area contributed by atoms with Crippen molar-refractivity contribution in [2.45, 2.75) is 6.10 Å². The second kappa shape index (κ2) is 4.52. The first-order chi connectivity index (χ1) is 9.79. The molecule has 5 heteroatoms. The Hall–Kier alpha value is -2.01. The van der Waals surface area contributed by atoms with Gasteiger partial charge in [0, 0.05) is 4.47 Å². The molecule has 1 unspecified atom stereocenters. The van der Waals surface area contributed by atoms with Crippen molar-refractivity contribution < 1.29 is 4.74 Å². The molecule has 0 radical (unpaired) electrons. The molecule has 2 N–H and O–H groups in total. The monoisotopic (exact) mass is 329 g/mol. The summed E-state index contributed by atoms with van der Waals surface area (Å²) in [5.74, 6) is 1.71. The highest BCUT2D eigenvalue weighted by molar-refractivity contribution is 9.10. The van der Waals surface area contributed by atoms with Crippen molar-refractivity contribution in [2.24, 2.45) is 0 Å². The van der Waals surface area contributed by atoms with E-state index in [0.29, 0.717) is 6.54 Å². The van der Waals surface area contributed by atoms with Gasteiger partial charge in [-0.15, -0.1) is 0 Å².